The smallest absolute Gasteiger partial charge is 0.139 e. The molecule has 0 aliphatic carbocycles. The minimum Gasteiger partial charge on any atom is -0.497 e. The van der Waals surface area contributed by atoms with Crippen molar-refractivity contribution in [2.45, 2.75) is 0 Å². The minimum atomic E-state index is 0.629. The lowest BCUT2D eigenvalue weighted by Crippen LogP contribution is -1.90. The first kappa shape index (κ1) is 20.0. The fraction of sp³-hybridized carbons (Fsp3) is 0.0769. The van der Waals surface area contributed by atoms with Crippen LogP contribution < -0.4 is 9.47 Å². The number of benzene rings is 3. The van der Waals surface area contributed by atoms with Gasteiger partial charge in [0.05, 0.1) is 31.7 Å². The molecule has 3 aromatic carbocycles. The molecule has 5 nitrogen and oxygen atoms in total. The van der Waals surface area contributed by atoms with Gasteiger partial charge in [-0.3, -0.25) is 0 Å². The lowest BCUT2D eigenvalue weighted by molar-refractivity contribution is 0.414. The van der Waals surface area contributed by atoms with Gasteiger partial charge in [0.1, 0.15) is 17.3 Å². The zero-order valence-electron chi connectivity index (χ0n) is 17.3. The van der Waals surface area contributed by atoms with Crippen LogP contribution in [0.25, 0.3) is 28.1 Å². The second-order valence-corrected chi connectivity index (χ2v) is 6.82. The summed E-state index contributed by atoms with van der Waals surface area (Å²) in [5.41, 5.74) is 5.22. The van der Waals surface area contributed by atoms with E-state index in [0.717, 1.165) is 45.2 Å². The van der Waals surface area contributed by atoms with E-state index in [0.29, 0.717) is 5.82 Å². The van der Waals surface area contributed by atoms with Gasteiger partial charge in [-0.15, -0.1) is 0 Å². The van der Waals surface area contributed by atoms with E-state index in [4.69, 9.17) is 14.5 Å². The summed E-state index contributed by atoms with van der Waals surface area (Å²) in [4.78, 5) is 8.35. The summed E-state index contributed by atoms with van der Waals surface area (Å²) >= 11 is 0. The van der Waals surface area contributed by atoms with Gasteiger partial charge in [0.25, 0.3) is 0 Å². The molecule has 1 heterocycles. The van der Waals surface area contributed by atoms with Crippen molar-refractivity contribution < 1.29 is 9.47 Å². The monoisotopic (exact) mass is 407 g/mol. The molecule has 0 radical (unpaired) electrons. The predicted molar refractivity (Wildman–Crippen MR) is 122 cm³/mol. The molecule has 4 rings (SSSR count). The Hall–Kier alpha value is -4.30. The number of hydrogen-bond acceptors (Lipinski definition) is 4. The molecule has 1 aromatic heterocycles. The number of nitrogens with one attached hydrogen (secondary N) is 1. The maximum atomic E-state index is 9.39. The van der Waals surface area contributed by atoms with Gasteiger partial charge in [0.15, 0.2) is 0 Å². The first-order valence-electron chi connectivity index (χ1n) is 9.78. The zero-order valence-corrected chi connectivity index (χ0v) is 17.3. The summed E-state index contributed by atoms with van der Waals surface area (Å²) in [7, 11) is 3.29. The van der Waals surface area contributed by atoms with Crippen molar-refractivity contribution in [1.82, 2.24) is 9.97 Å². The van der Waals surface area contributed by atoms with Crippen LogP contribution in [0.3, 0.4) is 0 Å². The van der Waals surface area contributed by atoms with Gasteiger partial charge in [-0.2, -0.15) is 5.26 Å². The van der Waals surface area contributed by atoms with Crippen LogP contribution in [0.15, 0.2) is 84.9 Å². The first-order valence-corrected chi connectivity index (χ1v) is 9.78. The summed E-state index contributed by atoms with van der Waals surface area (Å²) in [6.07, 6.45) is 1.52. The highest BCUT2D eigenvalue weighted by atomic mass is 16.5. The number of ether oxygens (including phenoxy) is 2. The van der Waals surface area contributed by atoms with Gasteiger partial charge in [0.2, 0.25) is 0 Å². The van der Waals surface area contributed by atoms with E-state index in [-0.39, 0.29) is 0 Å². The number of rotatable bonds is 6. The Kier molecular flexibility index (Phi) is 5.82. The van der Waals surface area contributed by atoms with Crippen molar-refractivity contribution in [2.24, 2.45) is 0 Å². The Morgan fingerprint density at radius 1 is 0.839 bits per heavy atom. The molecule has 0 unspecified atom stereocenters. The topological polar surface area (TPSA) is 70.9 Å². The average Bonchev–Trinajstić information content (AvgIpc) is 3.28. The van der Waals surface area contributed by atoms with Gasteiger partial charge in [-0.05, 0) is 54.1 Å². The molecule has 5 heteroatoms. The van der Waals surface area contributed by atoms with Crippen LogP contribution in [0.2, 0.25) is 0 Å². The van der Waals surface area contributed by atoms with Crippen molar-refractivity contribution in [3.05, 3.63) is 96.3 Å². The number of H-pyrrole nitrogens is 1. The van der Waals surface area contributed by atoms with Gasteiger partial charge >= 0.3 is 0 Å². The average molecular weight is 407 g/mol. The molecule has 0 saturated heterocycles. The third-order valence-corrected chi connectivity index (χ3v) is 4.99. The van der Waals surface area contributed by atoms with Crippen LogP contribution in [-0.4, -0.2) is 24.2 Å². The van der Waals surface area contributed by atoms with Crippen molar-refractivity contribution in [1.29, 1.82) is 5.26 Å². The predicted octanol–water partition coefficient (Wildman–Crippen LogP) is 5.72. The van der Waals surface area contributed by atoms with Crippen LogP contribution in [0.1, 0.15) is 11.4 Å². The third-order valence-electron chi connectivity index (χ3n) is 4.99. The fourth-order valence-corrected chi connectivity index (χ4v) is 3.40. The number of aromatic amines is 1. The van der Waals surface area contributed by atoms with E-state index in [1.165, 1.54) is 6.08 Å². The standard InChI is InChI=1S/C26H21N3O2/c1-30-21-12-8-19(9-13-21)24-25(20-10-14-22(31-2)15-11-20)29-26(28-24)23(16-17-27)18-6-4-3-5-7-18/h3-16H,1-2H3,(H,28,29)/b23-16-. The van der Waals surface area contributed by atoms with Crippen LogP contribution in [-0.2, 0) is 0 Å². The van der Waals surface area contributed by atoms with Crippen LogP contribution in [0.5, 0.6) is 11.5 Å². The summed E-state index contributed by atoms with van der Waals surface area (Å²) < 4.78 is 10.6. The number of nitrogens with zero attached hydrogens (tertiary/aromatic N) is 2. The number of methoxy groups -OCH3 is 2. The third kappa shape index (κ3) is 4.19. The van der Waals surface area contributed by atoms with Crippen molar-refractivity contribution in [2.75, 3.05) is 14.2 Å². The SMILES string of the molecule is COc1ccc(-c2nc(/C(=C\C#N)c3ccccc3)[nH]c2-c2ccc(OC)cc2)cc1. The van der Waals surface area contributed by atoms with E-state index in [2.05, 4.69) is 11.1 Å². The Labute approximate surface area is 181 Å². The number of imidazole rings is 1. The lowest BCUT2D eigenvalue weighted by atomic mass is 10.0. The second kappa shape index (κ2) is 9.02. The number of aromatic nitrogens is 2. The van der Waals surface area contributed by atoms with Gasteiger partial charge in [-0.1, -0.05) is 30.3 Å². The summed E-state index contributed by atoms with van der Waals surface area (Å²) in [6, 6.07) is 27.5. The van der Waals surface area contributed by atoms with Gasteiger partial charge in [0, 0.05) is 22.8 Å². The summed E-state index contributed by atoms with van der Waals surface area (Å²) in [6.45, 7) is 0. The molecule has 0 saturated carbocycles. The highest BCUT2D eigenvalue weighted by molar-refractivity contribution is 5.85. The molecule has 0 fully saturated rings. The first-order chi connectivity index (χ1) is 15.2. The van der Waals surface area contributed by atoms with E-state index in [1.54, 1.807) is 14.2 Å². The number of hydrogen-bond donors (Lipinski definition) is 1. The highest BCUT2D eigenvalue weighted by Gasteiger charge is 2.18. The van der Waals surface area contributed by atoms with Crippen molar-refractivity contribution in [3.8, 4) is 40.1 Å². The molecule has 0 bridgehead atoms. The van der Waals surface area contributed by atoms with Crippen LogP contribution in [0, 0.1) is 11.3 Å². The quantitative estimate of drug-likeness (QED) is 0.415. The molecule has 0 aliphatic heterocycles. The van der Waals surface area contributed by atoms with E-state index >= 15 is 0 Å². The number of allylic oxidation sites excluding steroid dienone is 1. The summed E-state index contributed by atoms with van der Waals surface area (Å²) in [5.74, 6) is 2.19. The normalized spacial score (nSPS) is 11.1. The fourth-order valence-electron chi connectivity index (χ4n) is 3.40. The minimum absolute atomic E-state index is 0.629. The second-order valence-electron chi connectivity index (χ2n) is 6.82. The Bertz CT molecular complexity index is 1170. The lowest BCUT2D eigenvalue weighted by Gasteiger charge is -2.06. The van der Waals surface area contributed by atoms with E-state index in [1.807, 2.05) is 78.9 Å². The Balaban J connectivity index is 1.88. The highest BCUT2D eigenvalue weighted by Crippen LogP contribution is 2.34. The van der Waals surface area contributed by atoms with E-state index < -0.39 is 0 Å². The molecule has 1 N–H and O–H groups in total. The molecule has 0 spiro atoms. The molecule has 0 aliphatic rings. The molecular formula is C26H21N3O2. The number of nitriles is 1. The van der Waals surface area contributed by atoms with Crippen molar-refractivity contribution in [3.63, 3.8) is 0 Å². The van der Waals surface area contributed by atoms with Crippen LogP contribution in [0.4, 0.5) is 0 Å². The maximum absolute atomic E-state index is 9.39. The molecular weight excluding hydrogens is 386 g/mol. The van der Waals surface area contributed by atoms with Crippen molar-refractivity contribution >= 4 is 5.57 Å². The van der Waals surface area contributed by atoms with E-state index in [9.17, 15) is 5.26 Å². The summed E-state index contributed by atoms with van der Waals surface area (Å²) in [5, 5.41) is 9.39. The molecule has 0 atom stereocenters. The van der Waals surface area contributed by atoms with Crippen LogP contribution >= 0.6 is 0 Å². The molecule has 4 aromatic rings. The van der Waals surface area contributed by atoms with Gasteiger partial charge in [-0.25, -0.2) is 4.98 Å². The van der Waals surface area contributed by atoms with Gasteiger partial charge < -0.3 is 14.5 Å². The zero-order chi connectivity index (χ0) is 21.6. The Morgan fingerprint density at radius 3 is 1.97 bits per heavy atom. The largest absolute Gasteiger partial charge is 0.497 e. The maximum Gasteiger partial charge on any atom is 0.139 e. The molecule has 152 valence electrons. The molecule has 0 amide bonds. The Morgan fingerprint density at radius 2 is 1.42 bits per heavy atom. The molecule has 31 heavy (non-hydrogen) atoms.